The van der Waals surface area contributed by atoms with Gasteiger partial charge in [0.05, 0.1) is 11.1 Å². The molecule has 7 heteroatoms. The van der Waals surface area contributed by atoms with Crippen LogP contribution in [0.4, 0.5) is 0 Å². The fraction of sp³-hybridized carbons (Fsp3) is 0.192. The van der Waals surface area contributed by atoms with Crippen LogP contribution in [0, 0.1) is 6.92 Å². The van der Waals surface area contributed by atoms with Gasteiger partial charge in [0.1, 0.15) is 18.1 Å². The molecule has 0 bridgehead atoms. The highest BCUT2D eigenvalue weighted by molar-refractivity contribution is 6.30. The molecule has 0 unspecified atom stereocenters. The standard InChI is InChI=1S/C26H20ClNO5/c1-15-19-7-9-21-20(25(19)33-26(29)24(15)17-3-5-18(27)6-4-17)12-28(13-30-21)11-16-2-8-22-23(10-16)32-14-31-22/h2-10H,11-14H2,1H3. The summed E-state index contributed by atoms with van der Waals surface area (Å²) in [6.45, 7) is 3.91. The van der Waals surface area contributed by atoms with Gasteiger partial charge in [-0.25, -0.2) is 4.79 Å². The molecule has 4 aromatic rings. The Bertz CT molecular complexity index is 1440. The molecule has 0 radical (unpaired) electrons. The number of ether oxygens (including phenoxy) is 3. The van der Waals surface area contributed by atoms with E-state index >= 15 is 0 Å². The number of halogens is 1. The maximum Gasteiger partial charge on any atom is 0.344 e. The molecule has 166 valence electrons. The zero-order valence-corrected chi connectivity index (χ0v) is 18.6. The van der Waals surface area contributed by atoms with Gasteiger partial charge in [-0.1, -0.05) is 29.8 Å². The molecule has 0 atom stereocenters. The highest BCUT2D eigenvalue weighted by atomic mass is 35.5. The van der Waals surface area contributed by atoms with E-state index < -0.39 is 0 Å². The van der Waals surface area contributed by atoms with E-state index in [9.17, 15) is 4.79 Å². The van der Waals surface area contributed by atoms with Crippen molar-refractivity contribution in [3.63, 3.8) is 0 Å². The molecular weight excluding hydrogens is 442 g/mol. The maximum absolute atomic E-state index is 13.0. The summed E-state index contributed by atoms with van der Waals surface area (Å²) in [6, 6.07) is 17.1. The minimum atomic E-state index is -0.372. The first-order valence-electron chi connectivity index (χ1n) is 10.7. The van der Waals surface area contributed by atoms with E-state index in [4.69, 9.17) is 30.2 Å². The van der Waals surface area contributed by atoms with E-state index in [1.807, 2.05) is 49.4 Å². The Morgan fingerprint density at radius 3 is 2.58 bits per heavy atom. The summed E-state index contributed by atoms with van der Waals surface area (Å²) in [5, 5.41) is 1.52. The Morgan fingerprint density at radius 1 is 0.939 bits per heavy atom. The maximum atomic E-state index is 13.0. The molecule has 0 spiro atoms. The van der Waals surface area contributed by atoms with Gasteiger partial charge in [-0.3, -0.25) is 4.90 Å². The zero-order chi connectivity index (χ0) is 22.5. The Labute approximate surface area is 194 Å². The van der Waals surface area contributed by atoms with Gasteiger partial charge in [-0.2, -0.15) is 0 Å². The van der Waals surface area contributed by atoms with E-state index in [1.165, 1.54) is 0 Å². The van der Waals surface area contributed by atoms with E-state index in [-0.39, 0.29) is 12.4 Å². The summed E-state index contributed by atoms with van der Waals surface area (Å²) in [4.78, 5) is 15.2. The molecule has 6 nitrogen and oxygen atoms in total. The van der Waals surface area contributed by atoms with Crippen molar-refractivity contribution in [2.75, 3.05) is 13.5 Å². The molecule has 0 aliphatic carbocycles. The number of fused-ring (bicyclic) bond motifs is 4. The second-order valence-corrected chi connectivity index (χ2v) is 8.70. The molecule has 0 fully saturated rings. The van der Waals surface area contributed by atoms with Crippen LogP contribution in [-0.4, -0.2) is 18.4 Å². The molecule has 0 amide bonds. The first-order chi connectivity index (χ1) is 16.1. The summed E-state index contributed by atoms with van der Waals surface area (Å²) >= 11 is 6.02. The third kappa shape index (κ3) is 3.52. The van der Waals surface area contributed by atoms with Crippen LogP contribution in [0.1, 0.15) is 16.7 Å². The van der Waals surface area contributed by atoms with Gasteiger partial charge in [0.15, 0.2) is 11.5 Å². The topological polar surface area (TPSA) is 61.1 Å². The zero-order valence-electron chi connectivity index (χ0n) is 17.9. The number of hydrogen-bond acceptors (Lipinski definition) is 6. The van der Waals surface area contributed by atoms with Gasteiger partial charge in [0, 0.05) is 23.5 Å². The van der Waals surface area contributed by atoms with Crippen molar-refractivity contribution in [3.8, 4) is 28.4 Å². The van der Waals surface area contributed by atoms with Crippen LogP contribution in [0.25, 0.3) is 22.1 Å². The van der Waals surface area contributed by atoms with Gasteiger partial charge < -0.3 is 18.6 Å². The molecule has 1 aromatic heterocycles. The number of nitrogens with zero attached hydrogens (tertiary/aromatic N) is 1. The number of aryl methyl sites for hydroxylation is 1. The van der Waals surface area contributed by atoms with Crippen LogP contribution in [0.5, 0.6) is 17.2 Å². The average Bonchev–Trinajstić information content (AvgIpc) is 3.28. The molecule has 0 saturated heterocycles. The lowest BCUT2D eigenvalue weighted by Crippen LogP contribution is -2.31. The van der Waals surface area contributed by atoms with Crippen LogP contribution >= 0.6 is 11.6 Å². The lowest BCUT2D eigenvalue weighted by Gasteiger charge is -2.29. The lowest BCUT2D eigenvalue weighted by molar-refractivity contribution is 0.0889. The fourth-order valence-electron chi connectivity index (χ4n) is 4.52. The van der Waals surface area contributed by atoms with Crippen molar-refractivity contribution in [3.05, 3.63) is 86.7 Å². The van der Waals surface area contributed by atoms with Crippen LogP contribution in [0.3, 0.4) is 0 Å². The minimum Gasteiger partial charge on any atom is -0.478 e. The highest BCUT2D eigenvalue weighted by Gasteiger charge is 2.24. The van der Waals surface area contributed by atoms with Gasteiger partial charge in [0.2, 0.25) is 6.79 Å². The second-order valence-electron chi connectivity index (χ2n) is 8.26. The molecular formula is C26H20ClNO5. The quantitative estimate of drug-likeness (QED) is 0.375. The van der Waals surface area contributed by atoms with Crippen molar-refractivity contribution in [2.24, 2.45) is 0 Å². The predicted octanol–water partition coefficient (Wildman–Crippen LogP) is 5.50. The molecule has 2 aliphatic rings. The molecule has 3 aromatic carbocycles. The summed E-state index contributed by atoms with van der Waals surface area (Å²) in [6.07, 6.45) is 0. The SMILES string of the molecule is Cc1c(-c2ccc(Cl)cc2)c(=O)oc2c3c(ccc12)OCN(Cc1ccc2c(c1)OCO2)C3. The smallest absolute Gasteiger partial charge is 0.344 e. The van der Waals surface area contributed by atoms with Crippen molar-refractivity contribution in [1.29, 1.82) is 0 Å². The number of rotatable bonds is 3. The van der Waals surface area contributed by atoms with Gasteiger partial charge in [-0.15, -0.1) is 0 Å². The van der Waals surface area contributed by atoms with Crippen LogP contribution in [0.15, 0.2) is 63.8 Å². The fourth-order valence-corrected chi connectivity index (χ4v) is 4.64. The van der Waals surface area contributed by atoms with Gasteiger partial charge >= 0.3 is 5.63 Å². The Kier molecular flexibility index (Phi) is 4.78. The summed E-state index contributed by atoms with van der Waals surface area (Å²) < 4.78 is 22.8. The Morgan fingerprint density at radius 2 is 1.73 bits per heavy atom. The van der Waals surface area contributed by atoms with Crippen LogP contribution in [0.2, 0.25) is 5.02 Å². The highest BCUT2D eigenvalue weighted by Crippen LogP contribution is 2.37. The first kappa shape index (κ1) is 20.1. The number of hydrogen-bond donors (Lipinski definition) is 0. The summed E-state index contributed by atoms with van der Waals surface area (Å²) in [5.74, 6) is 2.26. The average molecular weight is 462 g/mol. The summed E-state index contributed by atoms with van der Waals surface area (Å²) in [5.41, 5.74) is 4.38. The van der Waals surface area contributed by atoms with E-state index in [1.54, 1.807) is 12.1 Å². The molecule has 6 rings (SSSR count). The monoisotopic (exact) mass is 461 g/mol. The van der Waals surface area contributed by atoms with Crippen LogP contribution < -0.4 is 19.8 Å². The third-order valence-corrected chi connectivity index (χ3v) is 6.41. The molecule has 2 aliphatic heterocycles. The normalized spacial score (nSPS) is 14.8. The van der Waals surface area contributed by atoms with Crippen molar-refractivity contribution < 1.29 is 18.6 Å². The van der Waals surface area contributed by atoms with Crippen molar-refractivity contribution >= 4 is 22.6 Å². The second kappa shape index (κ2) is 7.83. The molecule has 33 heavy (non-hydrogen) atoms. The van der Waals surface area contributed by atoms with Crippen molar-refractivity contribution in [2.45, 2.75) is 20.0 Å². The van der Waals surface area contributed by atoms with Gasteiger partial charge in [0.25, 0.3) is 0 Å². The van der Waals surface area contributed by atoms with E-state index in [2.05, 4.69) is 4.90 Å². The van der Waals surface area contributed by atoms with E-state index in [0.717, 1.165) is 44.9 Å². The van der Waals surface area contributed by atoms with Crippen LogP contribution in [-0.2, 0) is 13.1 Å². The first-order valence-corrected chi connectivity index (χ1v) is 11.0. The third-order valence-electron chi connectivity index (χ3n) is 6.16. The van der Waals surface area contributed by atoms with E-state index in [0.29, 0.717) is 36.0 Å². The lowest BCUT2D eigenvalue weighted by atomic mass is 9.97. The molecule has 0 saturated carbocycles. The Hall–Kier alpha value is -3.48. The molecule has 0 N–H and O–H groups in total. The van der Waals surface area contributed by atoms with Gasteiger partial charge in [-0.05, 0) is 60.0 Å². The molecule has 3 heterocycles. The number of benzene rings is 3. The summed E-state index contributed by atoms with van der Waals surface area (Å²) in [7, 11) is 0. The van der Waals surface area contributed by atoms with Crippen molar-refractivity contribution in [1.82, 2.24) is 4.90 Å². The Balaban J connectivity index is 1.36. The predicted molar refractivity (Wildman–Crippen MR) is 125 cm³/mol. The largest absolute Gasteiger partial charge is 0.478 e. The minimum absolute atomic E-state index is 0.251.